The van der Waals surface area contributed by atoms with Gasteiger partial charge in [0.2, 0.25) is 5.91 Å². The zero-order valence-corrected chi connectivity index (χ0v) is 11.9. The Morgan fingerprint density at radius 1 is 1.26 bits per heavy atom. The smallest absolute Gasteiger partial charge is 0.323 e. The Bertz CT molecular complexity index is 480. The molecule has 0 unspecified atom stereocenters. The third-order valence-electron chi connectivity index (χ3n) is 3.35. The molecule has 19 heavy (non-hydrogen) atoms. The van der Waals surface area contributed by atoms with E-state index < -0.39 is 11.4 Å². The quantitative estimate of drug-likeness (QED) is 0.886. The molecule has 1 rings (SSSR count). The number of rotatable bonds is 5. The molecule has 0 saturated carbocycles. The van der Waals surface area contributed by atoms with Gasteiger partial charge >= 0.3 is 5.97 Å². The van der Waals surface area contributed by atoms with E-state index in [1.807, 2.05) is 45.0 Å². The molecule has 1 N–H and O–H groups in total. The molecule has 0 bridgehead atoms. The molecule has 104 valence electrons. The number of hydrogen-bond acceptors (Lipinski definition) is 2. The van der Waals surface area contributed by atoms with Crippen LogP contribution < -0.4 is 0 Å². The van der Waals surface area contributed by atoms with Gasteiger partial charge in [-0.2, -0.15) is 0 Å². The van der Waals surface area contributed by atoms with Crippen molar-refractivity contribution in [2.45, 2.75) is 33.1 Å². The molecule has 1 aromatic carbocycles. The molecule has 0 fully saturated rings. The van der Waals surface area contributed by atoms with Crippen molar-refractivity contribution >= 4 is 11.9 Å². The van der Waals surface area contributed by atoms with Crippen molar-refractivity contribution in [3.63, 3.8) is 0 Å². The Kier molecular flexibility index (Phi) is 4.70. The molecule has 0 radical (unpaired) electrons. The topological polar surface area (TPSA) is 57.6 Å². The van der Waals surface area contributed by atoms with E-state index in [9.17, 15) is 9.59 Å². The van der Waals surface area contributed by atoms with Crippen molar-refractivity contribution in [1.82, 2.24) is 4.90 Å². The lowest BCUT2D eigenvalue weighted by molar-refractivity contribution is -0.146. The van der Waals surface area contributed by atoms with E-state index in [0.717, 1.165) is 11.1 Å². The molecule has 0 aromatic heterocycles. The zero-order valence-electron chi connectivity index (χ0n) is 11.9. The molecule has 0 aliphatic heterocycles. The number of amides is 1. The number of nitrogens with zero attached hydrogens (tertiary/aromatic N) is 1. The molecule has 0 aliphatic carbocycles. The van der Waals surface area contributed by atoms with E-state index in [-0.39, 0.29) is 12.5 Å². The molecule has 0 atom stereocenters. The van der Waals surface area contributed by atoms with Crippen LogP contribution >= 0.6 is 0 Å². The van der Waals surface area contributed by atoms with E-state index in [1.165, 1.54) is 4.90 Å². The molecule has 0 heterocycles. The minimum Gasteiger partial charge on any atom is -0.480 e. The predicted octanol–water partition coefficient (Wildman–Crippen LogP) is 2.21. The van der Waals surface area contributed by atoms with Gasteiger partial charge in [0.1, 0.15) is 6.54 Å². The Morgan fingerprint density at radius 2 is 1.84 bits per heavy atom. The van der Waals surface area contributed by atoms with E-state index in [1.54, 1.807) is 6.92 Å². The summed E-state index contributed by atoms with van der Waals surface area (Å²) in [5.74, 6) is -1.15. The highest BCUT2D eigenvalue weighted by Crippen LogP contribution is 2.28. The van der Waals surface area contributed by atoms with Gasteiger partial charge in [0, 0.05) is 6.54 Å². The largest absolute Gasteiger partial charge is 0.480 e. The second-order valence-corrected chi connectivity index (χ2v) is 5.15. The van der Waals surface area contributed by atoms with Gasteiger partial charge in [-0.15, -0.1) is 0 Å². The van der Waals surface area contributed by atoms with Crippen LogP contribution in [0.1, 0.15) is 31.9 Å². The fraction of sp³-hybridized carbons (Fsp3) is 0.467. The third-order valence-corrected chi connectivity index (χ3v) is 3.35. The van der Waals surface area contributed by atoms with Crippen LogP contribution in [0.2, 0.25) is 0 Å². The number of benzene rings is 1. The summed E-state index contributed by atoms with van der Waals surface area (Å²) in [6.07, 6.45) is 0. The number of aliphatic carboxylic acids is 1. The summed E-state index contributed by atoms with van der Waals surface area (Å²) in [7, 11) is 0. The average Bonchev–Trinajstić information content (AvgIpc) is 2.35. The lowest BCUT2D eigenvalue weighted by Gasteiger charge is -2.31. The zero-order chi connectivity index (χ0) is 14.6. The van der Waals surface area contributed by atoms with Crippen molar-refractivity contribution in [3.05, 3.63) is 35.4 Å². The fourth-order valence-corrected chi connectivity index (χ4v) is 2.28. The highest BCUT2D eigenvalue weighted by Gasteiger charge is 2.34. The van der Waals surface area contributed by atoms with Crippen LogP contribution in [0, 0.1) is 6.92 Å². The summed E-state index contributed by atoms with van der Waals surface area (Å²) < 4.78 is 0. The first-order valence-electron chi connectivity index (χ1n) is 6.38. The van der Waals surface area contributed by atoms with Crippen LogP contribution in [0.5, 0.6) is 0 Å². The van der Waals surface area contributed by atoms with Crippen molar-refractivity contribution in [1.29, 1.82) is 0 Å². The number of carbonyl (C=O) groups excluding carboxylic acids is 1. The fourth-order valence-electron chi connectivity index (χ4n) is 2.28. The number of likely N-dealkylation sites (N-methyl/N-ethyl adjacent to an activating group) is 1. The summed E-state index contributed by atoms with van der Waals surface area (Å²) in [5, 5.41) is 8.86. The van der Waals surface area contributed by atoms with E-state index in [4.69, 9.17) is 5.11 Å². The Hall–Kier alpha value is -1.84. The van der Waals surface area contributed by atoms with Gasteiger partial charge in [0.05, 0.1) is 5.41 Å². The average molecular weight is 263 g/mol. The predicted molar refractivity (Wildman–Crippen MR) is 74.1 cm³/mol. The van der Waals surface area contributed by atoms with Crippen LogP contribution in [0.4, 0.5) is 0 Å². The van der Waals surface area contributed by atoms with Crippen LogP contribution in [-0.4, -0.2) is 35.0 Å². The maximum atomic E-state index is 12.5. The molecule has 4 nitrogen and oxygen atoms in total. The lowest BCUT2D eigenvalue weighted by Crippen LogP contribution is -2.45. The van der Waals surface area contributed by atoms with E-state index >= 15 is 0 Å². The van der Waals surface area contributed by atoms with Crippen molar-refractivity contribution in [2.75, 3.05) is 13.1 Å². The second-order valence-electron chi connectivity index (χ2n) is 5.15. The summed E-state index contributed by atoms with van der Waals surface area (Å²) in [6, 6.07) is 7.69. The Morgan fingerprint density at radius 3 is 2.32 bits per heavy atom. The number of carboxylic acid groups (broad SMARTS) is 1. The lowest BCUT2D eigenvalue weighted by atomic mass is 9.80. The standard InChI is InChI=1S/C15H21NO3/c1-5-16(10-13(17)18)14(19)15(3,4)12-9-7-6-8-11(12)2/h6-9H,5,10H2,1-4H3,(H,17,18). The molecule has 0 saturated heterocycles. The van der Waals surface area contributed by atoms with Crippen molar-refractivity contribution in [2.24, 2.45) is 0 Å². The molecular formula is C15H21NO3. The number of aryl methyl sites for hydroxylation is 1. The minimum atomic E-state index is -0.990. The summed E-state index contributed by atoms with van der Waals surface area (Å²) in [6.45, 7) is 7.54. The SMILES string of the molecule is CCN(CC(=O)O)C(=O)C(C)(C)c1ccccc1C. The molecule has 0 spiro atoms. The van der Waals surface area contributed by atoms with Gasteiger partial charge in [-0.3, -0.25) is 9.59 Å². The highest BCUT2D eigenvalue weighted by atomic mass is 16.4. The van der Waals surface area contributed by atoms with Gasteiger partial charge in [-0.25, -0.2) is 0 Å². The monoisotopic (exact) mass is 263 g/mol. The second kappa shape index (κ2) is 5.87. The highest BCUT2D eigenvalue weighted by molar-refractivity contribution is 5.90. The molecule has 1 aromatic rings. The summed E-state index contributed by atoms with van der Waals surface area (Å²) in [5.41, 5.74) is 1.24. The van der Waals surface area contributed by atoms with E-state index in [2.05, 4.69) is 0 Å². The molecule has 1 amide bonds. The van der Waals surface area contributed by atoms with Gasteiger partial charge in [-0.1, -0.05) is 24.3 Å². The first-order chi connectivity index (χ1) is 8.80. The van der Waals surface area contributed by atoms with Gasteiger partial charge in [0.15, 0.2) is 0 Å². The molecule has 0 aliphatic rings. The maximum absolute atomic E-state index is 12.5. The minimum absolute atomic E-state index is 0.160. The maximum Gasteiger partial charge on any atom is 0.323 e. The van der Waals surface area contributed by atoms with Gasteiger partial charge < -0.3 is 10.0 Å². The van der Waals surface area contributed by atoms with Crippen molar-refractivity contribution < 1.29 is 14.7 Å². The van der Waals surface area contributed by atoms with Crippen LogP contribution in [0.3, 0.4) is 0 Å². The Balaban J connectivity index is 3.08. The summed E-state index contributed by atoms with van der Waals surface area (Å²) >= 11 is 0. The first kappa shape index (κ1) is 15.2. The van der Waals surface area contributed by atoms with Gasteiger partial charge in [0.25, 0.3) is 0 Å². The van der Waals surface area contributed by atoms with Crippen LogP contribution in [0.25, 0.3) is 0 Å². The Labute approximate surface area is 114 Å². The van der Waals surface area contributed by atoms with Gasteiger partial charge in [-0.05, 0) is 38.8 Å². The first-order valence-corrected chi connectivity index (χ1v) is 6.38. The normalized spacial score (nSPS) is 11.2. The number of carbonyl (C=O) groups is 2. The summed E-state index contributed by atoms with van der Waals surface area (Å²) in [4.78, 5) is 24.7. The van der Waals surface area contributed by atoms with Crippen molar-refractivity contribution in [3.8, 4) is 0 Å². The third kappa shape index (κ3) is 3.34. The number of carboxylic acids is 1. The van der Waals surface area contributed by atoms with E-state index in [0.29, 0.717) is 6.54 Å². The molecular weight excluding hydrogens is 242 g/mol. The number of hydrogen-bond donors (Lipinski definition) is 1. The van der Waals surface area contributed by atoms with Crippen LogP contribution in [-0.2, 0) is 15.0 Å². The molecule has 4 heteroatoms. The van der Waals surface area contributed by atoms with Crippen LogP contribution in [0.15, 0.2) is 24.3 Å².